The van der Waals surface area contributed by atoms with E-state index in [0.717, 1.165) is 23.3 Å². The first-order valence-corrected chi connectivity index (χ1v) is 7.67. The van der Waals surface area contributed by atoms with Crippen molar-refractivity contribution < 1.29 is 19.1 Å². The van der Waals surface area contributed by atoms with Crippen LogP contribution in [0.4, 0.5) is 0 Å². The van der Waals surface area contributed by atoms with E-state index in [9.17, 15) is 9.59 Å². The Labute approximate surface area is 141 Å². The fraction of sp³-hybridized carbons (Fsp3) is 0.200. The number of carbonyl (C=O) groups is 2. The second-order valence-corrected chi connectivity index (χ2v) is 5.31. The quantitative estimate of drug-likeness (QED) is 0.623. The lowest BCUT2D eigenvalue weighted by Gasteiger charge is -2.01. The molecule has 0 saturated heterocycles. The fourth-order valence-corrected chi connectivity index (χ4v) is 2.44. The van der Waals surface area contributed by atoms with Crippen LogP contribution in [0.3, 0.4) is 0 Å². The highest BCUT2D eigenvalue weighted by Crippen LogP contribution is 2.28. The van der Waals surface area contributed by atoms with Gasteiger partial charge in [0, 0.05) is 23.1 Å². The average Bonchev–Trinajstić information content (AvgIpc) is 3.04. The van der Waals surface area contributed by atoms with Crippen molar-refractivity contribution in [3.8, 4) is 11.5 Å². The van der Waals surface area contributed by atoms with Gasteiger partial charge < -0.3 is 9.47 Å². The minimum atomic E-state index is 0.0320. The predicted molar refractivity (Wildman–Crippen MR) is 92.9 cm³/mol. The molecular weight excluding hydrogens is 304 g/mol. The summed E-state index contributed by atoms with van der Waals surface area (Å²) >= 11 is 0. The van der Waals surface area contributed by atoms with Gasteiger partial charge in [0.05, 0.1) is 12.9 Å². The summed E-state index contributed by atoms with van der Waals surface area (Å²) < 4.78 is 10.3. The summed E-state index contributed by atoms with van der Waals surface area (Å²) in [5, 5.41) is 0. The lowest BCUT2D eigenvalue weighted by Crippen LogP contribution is -1.96. The van der Waals surface area contributed by atoms with Gasteiger partial charge in [0.25, 0.3) is 0 Å². The Morgan fingerprint density at radius 1 is 1.12 bits per heavy atom. The summed E-state index contributed by atoms with van der Waals surface area (Å²) in [5.74, 6) is 1.67. The maximum Gasteiger partial charge on any atom is 0.160 e. The number of carbonyl (C=O) groups excluding carboxylic acids is 2. The number of hydrogen-bond acceptors (Lipinski definition) is 4. The van der Waals surface area contributed by atoms with Gasteiger partial charge in [-0.1, -0.05) is 30.8 Å². The molecule has 1 aliphatic rings. The highest BCUT2D eigenvalue weighted by Gasteiger charge is 2.17. The maximum absolute atomic E-state index is 11.1. The smallest absolute Gasteiger partial charge is 0.160 e. The van der Waals surface area contributed by atoms with E-state index in [1.807, 2.05) is 18.2 Å². The molecule has 1 heterocycles. The van der Waals surface area contributed by atoms with Gasteiger partial charge in [0.15, 0.2) is 11.6 Å². The molecule has 0 fully saturated rings. The van der Waals surface area contributed by atoms with Gasteiger partial charge in [-0.25, -0.2) is 0 Å². The molecule has 0 aliphatic carbocycles. The molecule has 2 aromatic rings. The summed E-state index contributed by atoms with van der Waals surface area (Å²) in [4.78, 5) is 22.1. The van der Waals surface area contributed by atoms with Gasteiger partial charge >= 0.3 is 0 Å². The molecule has 2 aromatic carbocycles. The zero-order valence-corrected chi connectivity index (χ0v) is 13.9. The topological polar surface area (TPSA) is 52.6 Å². The number of fused-ring (bicyclic) bond motifs is 1. The standard InChI is InChI=1S/2C10H10O2/c1-7(11)8-3-2-4-10-9(8)5-6-12-10;1-3-12-10-6-4-5-9(7-10)8(2)11/h2-4H,5-6H2,1H3;3-7H,1H2,2H3. The molecule has 0 aromatic heterocycles. The van der Waals surface area contributed by atoms with Crippen molar-refractivity contribution in [1.29, 1.82) is 0 Å². The van der Waals surface area contributed by atoms with Crippen molar-refractivity contribution in [2.75, 3.05) is 6.61 Å². The molecule has 24 heavy (non-hydrogen) atoms. The highest BCUT2D eigenvalue weighted by molar-refractivity contribution is 5.96. The van der Waals surface area contributed by atoms with Crippen LogP contribution in [-0.4, -0.2) is 18.2 Å². The molecule has 1 aliphatic heterocycles. The van der Waals surface area contributed by atoms with E-state index < -0.39 is 0 Å². The van der Waals surface area contributed by atoms with Gasteiger partial charge in [-0.3, -0.25) is 9.59 Å². The van der Waals surface area contributed by atoms with Crippen molar-refractivity contribution in [2.45, 2.75) is 20.3 Å². The van der Waals surface area contributed by atoms with Crippen molar-refractivity contribution in [1.82, 2.24) is 0 Å². The minimum Gasteiger partial charge on any atom is -0.493 e. The second-order valence-electron chi connectivity index (χ2n) is 5.31. The van der Waals surface area contributed by atoms with Crippen LogP contribution in [0, 0.1) is 0 Å². The third-order valence-electron chi connectivity index (χ3n) is 3.58. The van der Waals surface area contributed by atoms with Crippen LogP contribution in [0.15, 0.2) is 55.3 Å². The Hall–Kier alpha value is -2.88. The van der Waals surface area contributed by atoms with E-state index in [0.29, 0.717) is 17.9 Å². The Morgan fingerprint density at radius 2 is 1.88 bits per heavy atom. The molecule has 0 unspecified atom stereocenters. The van der Waals surface area contributed by atoms with Crippen molar-refractivity contribution in [2.24, 2.45) is 0 Å². The van der Waals surface area contributed by atoms with Crippen molar-refractivity contribution >= 4 is 11.6 Å². The summed E-state index contributed by atoms with van der Waals surface area (Å²) in [6.45, 7) is 7.24. The summed E-state index contributed by atoms with van der Waals surface area (Å²) in [7, 11) is 0. The van der Waals surface area contributed by atoms with Crippen LogP contribution in [0.25, 0.3) is 0 Å². The van der Waals surface area contributed by atoms with Crippen LogP contribution in [0.1, 0.15) is 40.1 Å². The summed E-state index contributed by atoms with van der Waals surface area (Å²) in [6, 6.07) is 12.6. The Bertz CT molecular complexity index is 762. The third-order valence-corrected chi connectivity index (χ3v) is 3.58. The molecule has 0 spiro atoms. The second kappa shape index (κ2) is 8.11. The zero-order chi connectivity index (χ0) is 17.5. The first kappa shape index (κ1) is 17.5. The van der Waals surface area contributed by atoms with E-state index in [4.69, 9.17) is 9.47 Å². The lowest BCUT2D eigenvalue weighted by molar-refractivity contribution is 0.100. The van der Waals surface area contributed by atoms with E-state index in [1.165, 1.54) is 13.2 Å². The molecule has 4 heteroatoms. The summed E-state index contributed by atoms with van der Waals surface area (Å²) in [5.41, 5.74) is 2.53. The number of ether oxygens (including phenoxy) is 2. The molecule has 0 radical (unpaired) electrons. The Morgan fingerprint density at radius 3 is 2.54 bits per heavy atom. The number of ketones is 2. The number of benzene rings is 2. The zero-order valence-electron chi connectivity index (χ0n) is 13.9. The molecular formula is C20H20O4. The number of hydrogen-bond donors (Lipinski definition) is 0. The van der Waals surface area contributed by atoms with Crippen LogP contribution >= 0.6 is 0 Å². The summed E-state index contributed by atoms with van der Waals surface area (Å²) in [6.07, 6.45) is 2.20. The normalized spacial score (nSPS) is 11.4. The van der Waals surface area contributed by atoms with Crippen LogP contribution in [0.2, 0.25) is 0 Å². The third kappa shape index (κ3) is 4.32. The molecule has 0 amide bonds. The average molecular weight is 324 g/mol. The number of rotatable bonds is 4. The minimum absolute atomic E-state index is 0.0320. The van der Waals surface area contributed by atoms with Gasteiger partial charge in [-0.15, -0.1) is 0 Å². The fourth-order valence-electron chi connectivity index (χ4n) is 2.44. The van der Waals surface area contributed by atoms with Crippen molar-refractivity contribution in [3.63, 3.8) is 0 Å². The van der Waals surface area contributed by atoms with E-state index in [-0.39, 0.29) is 11.6 Å². The SMILES string of the molecule is C=COc1cccc(C(C)=O)c1.CC(=O)c1cccc2c1CCO2. The predicted octanol–water partition coefficient (Wildman–Crippen LogP) is 4.24. The van der Waals surface area contributed by atoms with E-state index in [1.54, 1.807) is 31.2 Å². The maximum atomic E-state index is 11.1. The van der Waals surface area contributed by atoms with E-state index >= 15 is 0 Å². The Balaban J connectivity index is 0.000000174. The first-order chi connectivity index (χ1) is 11.5. The van der Waals surface area contributed by atoms with Crippen molar-refractivity contribution in [3.05, 3.63) is 72.0 Å². The van der Waals surface area contributed by atoms with Crippen LogP contribution in [-0.2, 0) is 6.42 Å². The Kier molecular flexibility index (Phi) is 5.90. The molecule has 0 N–H and O–H groups in total. The highest BCUT2D eigenvalue weighted by atomic mass is 16.5. The molecule has 124 valence electrons. The molecule has 3 rings (SSSR count). The number of Topliss-reactive ketones (excluding diaryl/α,β-unsaturated/α-hetero) is 2. The first-order valence-electron chi connectivity index (χ1n) is 7.67. The van der Waals surface area contributed by atoms with E-state index in [2.05, 4.69) is 6.58 Å². The molecule has 0 bridgehead atoms. The van der Waals surface area contributed by atoms with Gasteiger partial charge in [-0.2, -0.15) is 0 Å². The largest absolute Gasteiger partial charge is 0.493 e. The molecule has 0 saturated carbocycles. The molecule has 0 atom stereocenters. The monoisotopic (exact) mass is 324 g/mol. The van der Waals surface area contributed by atoms with Crippen LogP contribution < -0.4 is 9.47 Å². The lowest BCUT2D eigenvalue weighted by atomic mass is 10.0. The van der Waals surface area contributed by atoms with Gasteiger partial charge in [0.2, 0.25) is 0 Å². The molecule has 4 nitrogen and oxygen atoms in total. The van der Waals surface area contributed by atoms with Crippen LogP contribution in [0.5, 0.6) is 11.5 Å². The van der Waals surface area contributed by atoms with Gasteiger partial charge in [-0.05, 0) is 32.0 Å². The van der Waals surface area contributed by atoms with Gasteiger partial charge in [0.1, 0.15) is 11.5 Å².